The lowest BCUT2D eigenvalue weighted by atomic mass is 10.2. The number of nitro groups is 1. The van der Waals surface area contributed by atoms with Crippen LogP contribution in [0.15, 0.2) is 36.4 Å². The van der Waals surface area contributed by atoms with Gasteiger partial charge in [0.25, 0.3) is 5.69 Å². The van der Waals surface area contributed by atoms with Crippen molar-refractivity contribution in [2.24, 2.45) is 0 Å². The number of ether oxygens (including phenoxy) is 1. The molecule has 0 spiro atoms. The van der Waals surface area contributed by atoms with Gasteiger partial charge in [0.1, 0.15) is 5.75 Å². The molecule has 2 aromatic carbocycles. The van der Waals surface area contributed by atoms with Crippen molar-refractivity contribution in [1.29, 1.82) is 0 Å². The molecule has 0 bridgehead atoms. The molecule has 12 heteroatoms. The van der Waals surface area contributed by atoms with Gasteiger partial charge in [-0.3, -0.25) is 10.1 Å². The SMILES string of the molecule is Cc1ccc(Cl)cc1NC(=S)Nc1cc(OCC(F)(F)C(F)F)cc([N+](=O)[O-])c1. The molecule has 6 nitrogen and oxygen atoms in total. The van der Waals surface area contributed by atoms with Gasteiger partial charge in [-0.1, -0.05) is 17.7 Å². The molecule has 2 N–H and O–H groups in total. The van der Waals surface area contributed by atoms with Gasteiger partial charge in [-0.25, -0.2) is 8.78 Å². The molecule has 0 aliphatic carbocycles. The average molecular weight is 452 g/mol. The Labute approximate surface area is 173 Å². The highest BCUT2D eigenvalue weighted by Gasteiger charge is 2.41. The zero-order valence-corrected chi connectivity index (χ0v) is 16.3. The zero-order chi connectivity index (χ0) is 21.8. The summed E-state index contributed by atoms with van der Waals surface area (Å²) in [4.78, 5) is 10.3. The van der Waals surface area contributed by atoms with Crippen molar-refractivity contribution in [1.82, 2.24) is 0 Å². The largest absolute Gasteiger partial charge is 0.487 e. The number of thiocarbonyl (C=S) groups is 1. The van der Waals surface area contributed by atoms with Crippen molar-refractivity contribution in [3.05, 3.63) is 57.1 Å². The molecule has 0 saturated heterocycles. The maximum atomic E-state index is 13.0. The van der Waals surface area contributed by atoms with E-state index in [4.69, 9.17) is 23.8 Å². The van der Waals surface area contributed by atoms with Crippen LogP contribution in [-0.2, 0) is 0 Å². The van der Waals surface area contributed by atoms with Gasteiger partial charge >= 0.3 is 12.3 Å². The van der Waals surface area contributed by atoms with Crippen LogP contribution in [0, 0.1) is 17.0 Å². The van der Waals surface area contributed by atoms with E-state index in [1.54, 1.807) is 25.1 Å². The molecule has 156 valence electrons. The van der Waals surface area contributed by atoms with Crippen molar-refractivity contribution >= 4 is 46.0 Å². The minimum atomic E-state index is -4.40. The first-order valence-electron chi connectivity index (χ1n) is 7.90. The Kier molecular flexibility index (Phi) is 7.20. The van der Waals surface area contributed by atoms with Gasteiger partial charge in [-0.2, -0.15) is 8.78 Å². The number of halogens is 5. The predicted molar refractivity (Wildman–Crippen MR) is 106 cm³/mol. The van der Waals surface area contributed by atoms with Gasteiger partial charge in [-0.15, -0.1) is 0 Å². The van der Waals surface area contributed by atoms with Gasteiger partial charge in [0.2, 0.25) is 0 Å². The van der Waals surface area contributed by atoms with Crippen LogP contribution in [0.5, 0.6) is 5.75 Å². The molecule has 0 aromatic heterocycles. The molecule has 0 unspecified atom stereocenters. The number of benzene rings is 2. The van der Waals surface area contributed by atoms with E-state index in [9.17, 15) is 27.7 Å². The first kappa shape index (κ1) is 22.6. The second-order valence-corrected chi connectivity index (χ2v) is 6.71. The molecule has 29 heavy (non-hydrogen) atoms. The van der Waals surface area contributed by atoms with Crippen LogP contribution in [0.1, 0.15) is 5.56 Å². The van der Waals surface area contributed by atoms with E-state index in [1.165, 1.54) is 0 Å². The number of nitrogens with one attached hydrogen (secondary N) is 2. The average Bonchev–Trinajstić information content (AvgIpc) is 2.62. The quantitative estimate of drug-likeness (QED) is 0.245. The smallest absolute Gasteiger partial charge is 0.340 e. The standard InChI is InChI=1S/C17H14ClF4N3O3S/c1-9-2-3-10(18)4-14(9)24-16(29)23-11-5-12(25(26)27)7-13(6-11)28-8-17(21,22)15(19)20/h2-7,15H,8H2,1H3,(H2,23,24,29). The summed E-state index contributed by atoms with van der Waals surface area (Å²) in [5.74, 6) is -4.80. The molecule has 0 fully saturated rings. The van der Waals surface area contributed by atoms with Crippen molar-refractivity contribution in [2.45, 2.75) is 19.3 Å². The summed E-state index contributed by atoms with van der Waals surface area (Å²) in [6, 6.07) is 8.07. The van der Waals surface area contributed by atoms with E-state index in [0.717, 1.165) is 23.8 Å². The molecule has 0 aliphatic rings. The molecule has 0 atom stereocenters. The number of non-ortho nitro benzene ring substituents is 1. The maximum absolute atomic E-state index is 13.0. The van der Waals surface area contributed by atoms with E-state index in [-0.39, 0.29) is 10.8 Å². The van der Waals surface area contributed by atoms with Gasteiger partial charge < -0.3 is 15.4 Å². The Morgan fingerprint density at radius 3 is 2.59 bits per heavy atom. The minimum absolute atomic E-state index is 0.0275. The molecule has 0 heterocycles. The van der Waals surface area contributed by atoms with Crippen LogP contribution < -0.4 is 15.4 Å². The number of rotatable bonds is 7. The topological polar surface area (TPSA) is 76.4 Å². The number of alkyl halides is 4. The van der Waals surface area contributed by atoms with Crippen LogP contribution in [0.4, 0.5) is 34.6 Å². The third kappa shape index (κ3) is 6.43. The highest BCUT2D eigenvalue weighted by Crippen LogP contribution is 2.29. The van der Waals surface area contributed by atoms with Crippen LogP contribution in [-0.4, -0.2) is 29.0 Å². The summed E-state index contributed by atoms with van der Waals surface area (Å²) in [5, 5.41) is 17.0. The molecular formula is C17H14ClF4N3O3S. The fraction of sp³-hybridized carbons (Fsp3) is 0.235. The number of nitro benzene ring substituents is 1. The summed E-state index contributed by atoms with van der Waals surface area (Å²) in [6.07, 6.45) is -3.93. The number of hydrogen-bond donors (Lipinski definition) is 2. The number of anilines is 2. The highest BCUT2D eigenvalue weighted by atomic mass is 35.5. The summed E-state index contributed by atoms with van der Waals surface area (Å²) in [7, 11) is 0. The van der Waals surface area contributed by atoms with E-state index in [1.807, 2.05) is 0 Å². The van der Waals surface area contributed by atoms with Crippen molar-refractivity contribution in [2.75, 3.05) is 17.2 Å². The summed E-state index contributed by atoms with van der Waals surface area (Å²) in [5.41, 5.74) is 0.920. The van der Waals surface area contributed by atoms with Gasteiger partial charge in [-0.05, 0) is 36.8 Å². The van der Waals surface area contributed by atoms with Crippen molar-refractivity contribution in [3.8, 4) is 5.75 Å². The van der Waals surface area contributed by atoms with Gasteiger partial charge in [0, 0.05) is 22.8 Å². The number of hydrogen-bond acceptors (Lipinski definition) is 4. The number of nitrogens with zero attached hydrogens (tertiary/aromatic N) is 1. The van der Waals surface area contributed by atoms with E-state index < -0.39 is 35.3 Å². The lowest BCUT2D eigenvalue weighted by Crippen LogP contribution is -2.33. The first-order valence-corrected chi connectivity index (χ1v) is 8.69. The first-order chi connectivity index (χ1) is 13.5. The summed E-state index contributed by atoms with van der Waals surface area (Å²) in [6.45, 7) is 0.152. The Morgan fingerprint density at radius 2 is 1.97 bits per heavy atom. The molecule has 0 aliphatic heterocycles. The van der Waals surface area contributed by atoms with Gasteiger partial charge in [0.15, 0.2) is 11.7 Å². The van der Waals surface area contributed by atoms with Crippen LogP contribution in [0.2, 0.25) is 5.02 Å². The molecular weight excluding hydrogens is 438 g/mol. The van der Waals surface area contributed by atoms with E-state index in [2.05, 4.69) is 15.4 Å². The minimum Gasteiger partial charge on any atom is -0.487 e. The number of aryl methyl sites for hydroxylation is 1. The second kappa shape index (κ2) is 9.23. The second-order valence-electron chi connectivity index (χ2n) is 5.86. The molecule has 2 rings (SSSR count). The normalized spacial score (nSPS) is 11.3. The fourth-order valence-corrected chi connectivity index (χ4v) is 2.50. The molecule has 0 saturated carbocycles. The summed E-state index contributed by atoms with van der Waals surface area (Å²) < 4.78 is 55.3. The highest BCUT2D eigenvalue weighted by molar-refractivity contribution is 7.80. The van der Waals surface area contributed by atoms with Gasteiger partial charge in [0.05, 0.1) is 16.7 Å². The zero-order valence-electron chi connectivity index (χ0n) is 14.7. The van der Waals surface area contributed by atoms with Crippen LogP contribution in [0.3, 0.4) is 0 Å². The Hall–Kier alpha value is -2.66. The van der Waals surface area contributed by atoms with E-state index in [0.29, 0.717) is 10.7 Å². The third-order valence-corrected chi connectivity index (χ3v) is 4.00. The predicted octanol–water partition coefficient (Wildman–Crippen LogP) is 5.64. The molecule has 0 amide bonds. The monoisotopic (exact) mass is 451 g/mol. The molecule has 2 aromatic rings. The Morgan fingerprint density at radius 1 is 1.28 bits per heavy atom. The lowest BCUT2D eigenvalue weighted by molar-refractivity contribution is -0.384. The molecule has 0 radical (unpaired) electrons. The van der Waals surface area contributed by atoms with Crippen molar-refractivity contribution in [3.63, 3.8) is 0 Å². The van der Waals surface area contributed by atoms with Crippen LogP contribution in [0.25, 0.3) is 0 Å². The van der Waals surface area contributed by atoms with Crippen LogP contribution >= 0.6 is 23.8 Å². The van der Waals surface area contributed by atoms with Crippen molar-refractivity contribution < 1.29 is 27.2 Å². The maximum Gasteiger partial charge on any atom is 0.340 e. The lowest BCUT2D eigenvalue weighted by Gasteiger charge is -2.17. The summed E-state index contributed by atoms with van der Waals surface area (Å²) >= 11 is 11.1. The third-order valence-electron chi connectivity index (χ3n) is 3.56. The Bertz CT molecular complexity index is 931. The Balaban J connectivity index is 2.18. The fourth-order valence-electron chi connectivity index (χ4n) is 2.10. The van der Waals surface area contributed by atoms with E-state index >= 15 is 0 Å².